The summed E-state index contributed by atoms with van der Waals surface area (Å²) in [6.45, 7) is 4.08. The minimum Gasteiger partial charge on any atom is -0.388 e. The Morgan fingerprint density at radius 2 is 1.63 bits per heavy atom. The van der Waals surface area contributed by atoms with E-state index in [4.69, 9.17) is 0 Å². The first-order valence-corrected chi connectivity index (χ1v) is 7.78. The fourth-order valence-corrected chi connectivity index (χ4v) is 3.15. The van der Waals surface area contributed by atoms with Gasteiger partial charge in [0, 0.05) is 14.9 Å². The van der Waals surface area contributed by atoms with Crippen molar-refractivity contribution in [3.63, 3.8) is 0 Å². The molecule has 2 unspecified atom stereocenters. The normalized spacial score (nSPS) is 14.2. The smallest absolute Gasteiger partial charge is 0.0867 e. The molecule has 1 nitrogen and oxygen atoms in total. The summed E-state index contributed by atoms with van der Waals surface area (Å²) in [4.78, 5) is 0. The predicted molar refractivity (Wildman–Crippen MR) is 86.4 cm³/mol. The molecular weight excluding hydrogens is 368 g/mol. The van der Waals surface area contributed by atoms with Crippen molar-refractivity contribution >= 4 is 31.9 Å². The van der Waals surface area contributed by atoms with Crippen LogP contribution in [-0.2, 0) is 0 Å². The molecule has 2 aromatic rings. The summed E-state index contributed by atoms with van der Waals surface area (Å²) in [6, 6.07) is 14.1. The lowest BCUT2D eigenvalue weighted by Crippen LogP contribution is -2.08. The molecule has 0 aromatic heterocycles. The van der Waals surface area contributed by atoms with E-state index in [1.165, 1.54) is 0 Å². The Kier molecular flexibility index (Phi) is 4.82. The molecule has 0 amide bonds. The Morgan fingerprint density at radius 3 is 2.26 bits per heavy atom. The van der Waals surface area contributed by atoms with E-state index in [2.05, 4.69) is 31.9 Å². The highest BCUT2D eigenvalue weighted by Crippen LogP contribution is 2.36. The van der Waals surface area contributed by atoms with Crippen LogP contribution in [0.15, 0.2) is 51.4 Å². The second-order valence-electron chi connectivity index (χ2n) is 4.77. The summed E-state index contributed by atoms with van der Waals surface area (Å²) < 4.78 is 1.97. The third-order valence-corrected chi connectivity index (χ3v) is 4.94. The van der Waals surface area contributed by atoms with E-state index >= 15 is 0 Å². The van der Waals surface area contributed by atoms with Gasteiger partial charge in [0.15, 0.2) is 0 Å². The van der Waals surface area contributed by atoms with Gasteiger partial charge < -0.3 is 5.11 Å². The van der Waals surface area contributed by atoms with E-state index < -0.39 is 6.10 Å². The lowest BCUT2D eigenvalue weighted by atomic mass is 9.90. The Balaban J connectivity index is 2.34. The maximum Gasteiger partial charge on any atom is 0.0867 e. The van der Waals surface area contributed by atoms with Gasteiger partial charge in [0.05, 0.1) is 6.10 Å². The van der Waals surface area contributed by atoms with Crippen molar-refractivity contribution in [3.8, 4) is 0 Å². The summed E-state index contributed by atoms with van der Waals surface area (Å²) in [5, 5.41) is 10.6. The molecule has 0 aliphatic heterocycles. The van der Waals surface area contributed by atoms with Crippen LogP contribution in [0.5, 0.6) is 0 Å². The second kappa shape index (κ2) is 6.21. The van der Waals surface area contributed by atoms with Crippen molar-refractivity contribution in [1.29, 1.82) is 0 Å². The van der Waals surface area contributed by atoms with Gasteiger partial charge in [-0.05, 0) is 35.7 Å². The van der Waals surface area contributed by atoms with Crippen LogP contribution >= 0.6 is 31.9 Å². The maximum absolute atomic E-state index is 10.6. The van der Waals surface area contributed by atoms with Gasteiger partial charge >= 0.3 is 0 Å². The van der Waals surface area contributed by atoms with Crippen molar-refractivity contribution in [2.75, 3.05) is 0 Å². The van der Waals surface area contributed by atoms with Gasteiger partial charge in [0.1, 0.15) is 0 Å². The molecule has 2 rings (SSSR count). The summed E-state index contributed by atoms with van der Waals surface area (Å²) in [7, 11) is 0. The molecule has 0 saturated carbocycles. The van der Waals surface area contributed by atoms with Gasteiger partial charge in [-0.2, -0.15) is 0 Å². The zero-order valence-electron chi connectivity index (χ0n) is 10.9. The van der Waals surface area contributed by atoms with Crippen molar-refractivity contribution in [2.24, 2.45) is 0 Å². The minimum atomic E-state index is -0.534. The number of rotatable bonds is 3. The molecular formula is C16H16Br2O. The Bertz CT molecular complexity index is 566. The van der Waals surface area contributed by atoms with E-state index in [0.29, 0.717) is 0 Å². The molecule has 0 heterocycles. The number of hydrogen-bond donors (Lipinski definition) is 1. The molecule has 3 heteroatoms. The zero-order chi connectivity index (χ0) is 14.0. The Labute approximate surface area is 130 Å². The van der Waals surface area contributed by atoms with Crippen LogP contribution in [0.2, 0.25) is 0 Å². The van der Waals surface area contributed by atoms with Crippen LogP contribution in [0.1, 0.15) is 35.6 Å². The van der Waals surface area contributed by atoms with Crippen molar-refractivity contribution in [3.05, 3.63) is 68.1 Å². The molecule has 0 saturated heterocycles. The lowest BCUT2D eigenvalue weighted by Gasteiger charge is -2.21. The highest BCUT2D eigenvalue weighted by atomic mass is 79.9. The van der Waals surface area contributed by atoms with Gasteiger partial charge in [0.2, 0.25) is 0 Å². The fraction of sp³-hybridized carbons (Fsp3) is 0.250. The van der Waals surface area contributed by atoms with Crippen molar-refractivity contribution in [2.45, 2.75) is 25.9 Å². The van der Waals surface area contributed by atoms with Gasteiger partial charge in [-0.25, -0.2) is 0 Å². The quantitative estimate of drug-likeness (QED) is 0.756. The minimum absolute atomic E-state index is 0.0482. The predicted octanol–water partition coefficient (Wildman–Crippen LogP) is 5.36. The van der Waals surface area contributed by atoms with E-state index in [1.807, 2.05) is 56.3 Å². The average molecular weight is 384 g/mol. The number of hydrogen-bond acceptors (Lipinski definition) is 1. The van der Waals surface area contributed by atoms with Gasteiger partial charge in [0.25, 0.3) is 0 Å². The highest BCUT2D eigenvalue weighted by molar-refractivity contribution is 9.11. The molecule has 0 spiro atoms. The van der Waals surface area contributed by atoms with Crippen molar-refractivity contribution < 1.29 is 5.11 Å². The molecule has 100 valence electrons. The van der Waals surface area contributed by atoms with E-state index in [-0.39, 0.29) is 5.92 Å². The molecule has 0 radical (unpaired) electrons. The number of aliphatic hydroxyl groups is 1. The van der Waals surface area contributed by atoms with E-state index in [0.717, 1.165) is 25.6 Å². The molecule has 0 bridgehead atoms. The highest BCUT2D eigenvalue weighted by Gasteiger charge is 2.21. The van der Waals surface area contributed by atoms with Crippen LogP contribution in [0.3, 0.4) is 0 Å². The third-order valence-electron chi connectivity index (χ3n) is 3.40. The molecule has 1 N–H and O–H groups in total. The largest absolute Gasteiger partial charge is 0.388 e. The lowest BCUT2D eigenvalue weighted by molar-refractivity contribution is 0.151. The molecule has 0 aliphatic carbocycles. The zero-order valence-corrected chi connectivity index (χ0v) is 14.1. The third kappa shape index (κ3) is 3.28. The summed E-state index contributed by atoms with van der Waals surface area (Å²) in [6.07, 6.45) is -0.534. The number of benzene rings is 2. The van der Waals surface area contributed by atoms with Gasteiger partial charge in [-0.15, -0.1) is 0 Å². The Morgan fingerprint density at radius 1 is 1.00 bits per heavy atom. The fourth-order valence-electron chi connectivity index (χ4n) is 2.10. The number of halogens is 2. The van der Waals surface area contributed by atoms with Crippen LogP contribution < -0.4 is 0 Å². The van der Waals surface area contributed by atoms with Crippen LogP contribution in [0.4, 0.5) is 0 Å². The van der Waals surface area contributed by atoms with Gasteiger partial charge in [-0.1, -0.05) is 69.1 Å². The van der Waals surface area contributed by atoms with Crippen LogP contribution in [-0.4, -0.2) is 5.11 Å². The molecule has 19 heavy (non-hydrogen) atoms. The maximum atomic E-state index is 10.6. The monoisotopic (exact) mass is 382 g/mol. The molecule has 2 atom stereocenters. The average Bonchev–Trinajstić information content (AvgIpc) is 2.42. The molecule has 2 aromatic carbocycles. The molecule has 0 fully saturated rings. The summed E-state index contributed by atoms with van der Waals surface area (Å²) >= 11 is 7.06. The SMILES string of the molecule is Cc1cc(Br)c(C(O)C(C)c2ccccc2)cc1Br. The summed E-state index contributed by atoms with van der Waals surface area (Å²) in [5.41, 5.74) is 3.20. The second-order valence-corrected chi connectivity index (χ2v) is 6.48. The molecule has 0 aliphatic rings. The van der Waals surface area contributed by atoms with Gasteiger partial charge in [-0.3, -0.25) is 0 Å². The standard InChI is InChI=1S/C16H16Br2O/c1-10-8-15(18)13(9-14(10)17)16(19)11(2)12-6-4-3-5-7-12/h3-9,11,16,19H,1-2H3. The van der Waals surface area contributed by atoms with Crippen molar-refractivity contribution in [1.82, 2.24) is 0 Å². The van der Waals surface area contributed by atoms with Crippen LogP contribution in [0, 0.1) is 6.92 Å². The summed E-state index contributed by atoms with van der Waals surface area (Å²) in [5.74, 6) is 0.0482. The number of aryl methyl sites for hydroxylation is 1. The number of aliphatic hydroxyl groups excluding tert-OH is 1. The first kappa shape index (κ1) is 14.8. The van der Waals surface area contributed by atoms with E-state index in [1.54, 1.807) is 0 Å². The first-order chi connectivity index (χ1) is 9.00. The first-order valence-electron chi connectivity index (χ1n) is 6.19. The topological polar surface area (TPSA) is 20.2 Å². The Hall–Kier alpha value is -0.640. The van der Waals surface area contributed by atoms with Crippen LogP contribution in [0.25, 0.3) is 0 Å². The van der Waals surface area contributed by atoms with E-state index in [9.17, 15) is 5.11 Å².